The number of aliphatic hydroxyl groups excluding tert-OH is 1. The SMILES string of the molecule is O=c1[nH]c(-c2ccncc2)nc(N2CCCC(CO)C2)c1Cl. The van der Waals surface area contributed by atoms with E-state index in [4.69, 9.17) is 11.6 Å². The van der Waals surface area contributed by atoms with Crippen molar-refractivity contribution in [2.45, 2.75) is 12.8 Å². The van der Waals surface area contributed by atoms with Gasteiger partial charge < -0.3 is 15.0 Å². The van der Waals surface area contributed by atoms with Gasteiger partial charge in [0.05, 0.1) is 0 Å². The summed E-state index contributed by atoms with van der Waals surface area (Å²) in [5, 5.41) is 9.45. The van der Waals surface area contributed by atoms with E-state index in [2.05, 4.69) is 15.0 Å². The number of hydrogen-bond donors (Lipinski definition) is 2. The molecule has 116 valence electrons. The standard InChI is InChI=1S/C15H17ClN4O2/c16-12-14(20-7-1-2-10(8-20)9-21)18-13(19-15(12)22)11-3-5-17-6-4-11/h3-6,10,21H,1-2,7-9H2,(H,18,19,22). The Hall–Kier alpha value is -1.92. The zero-order valence-electron chi connectivity index (χ0n) is 12.0. The molecule has 0 spiro atoms. The molecule has 2 N–H and O–H groups in total. The first-order valence-corrected chi connectivity index (χ1v) is 7.63. The van der Waals surface area contributed by atoms with Gasteiger partial charge in [0.25, 0.3) is 5.56 Å². The van der Waals surface area contributed by atoms with Crippen LogP contribution in [0.4, 0.5) is 5.82 Å². The maximum Gasteiger partial charge on any atom is 0.272 e. The number of nitrogens with zero attached hydrogens (tertiary/aromatic N) is 3. The second kappa shape index (κ2) is 6.46. The predicted molar refractivity (Wildman–Crippen MR) is 85.1 cm³/mol. The van der Waals surface area contributed by atoms with E-state index in [1.54, 1.807) is 24.5 Å². The highest BCUT2D eigenvalue weighted by Gasteiger charge is 2.24. The van der Waals surface area contributed by atoms with Gasteiger partial charge in [0.1, 0.15) is 10.8 Å². The van der Waals surface area contributed by atoms with Crippen LogP contribution in [0.25, 0.3) is 11.4 Å². The molecule has 7 heteroatoms. The molecule has 1 atom stereocenters. The second-order valence-corrected chi connectivity index (χ2v) is 5.80. The Morgan fingerprint density at radius 2 is 2.18 bits per heavy atom. The summed E-state index contributed by atoms with van der Waals surface area (Å²) >= 11 is 6.15. The van der Waals surface area contributed by atoms with Crippen molar-refractivity contribution in [2.75, 3.05) is 24.6 Å². The van der Waals surface area contributed by atoms with E-state index in [1.807, 2.05) is 4.90 Å². The van der Waals surface area contributed by atoms with Crippen molar-refractivity contribution in [2.24, 2.45) is 5.92 Å². The van der Waals surface area contributed by atoms with Gasteiger partial charge in [-0.05, 0) is 30.9 Å². The van der Waals surface area contributed by atoms with Crippen LogP contribution in [-0.4, -0.2) is 39.8 Å². The van der Waals surface area contributed by atoms with Crippen molar-refractivity contribution in [3.8, 4) is 11.4 Å². The third-order valence-corrected chi connectivity index (χ3v) is 4.22. The number of rotatable bonds is 3. The van der Waals surface area contributed by atoms with E-state index >= 15 is 0 Å². The summed E-state index contributed by atoms with van der Waals surface area (Å²) in [6.45, 7) is 1.57. The smallest absolute Gasteiger partial charge is 0.272 e. The number of piperidine rings is 1. The molecule has 0 aliphatic carbocycles. The Kier molecular flexibility index (Phi) is 4.40. The van der Waals surface area contributed by atoms with E-state index in [0.29, 0.717) is 18.2 Å². The number of aliphatic hydroxyl groups is 1. The highest BCUT2D eigenvalue weighted by molar-refractivity contribution is 6.32. The van der Waals surface area contributed by atoms with Gasteiger partial charge in [-0.25, -0.2) is 4.98 Å². The summed E-state index contributed by atoms with van der Waals surface area (Å²) in [6.07, 6.45) is 5.21. The zero-order valence-corrected chi connectivity index (χ0v) is 12.8. The molecule has 0 saturated carbocycles. The molecule has 0 amide bonds. The van der Waals surface area contributed by atoms with Crippen LogP contribution < -0.4 is 10.5 Å². The lowest BCUT2D eigenvalue weighted by molar-refractivity contribution is 0.208. The van der Waals surface area contributed by atoms with E-state index in [-0.39, 0.29) is 23.1 Å². The molecule has 1 saturated heterocycles. The van der Waals surface area contributed by atoms with Gasteiger partial charge in [-0.1, -0.05) is 11.6 Å². The van der Waals surface area contributed by atoms with Crippen LogP contribution in [0.5, 0.6) is 0 Å². The molecule has 0 radical (unpaired) electrons. The fourth-order valence-electron chi connectivity index (χ4n) is 2.71. The topological polar surface area (TPSA) is 82.1 Å². The van der Waals surface area contributed by atoms with Crippen LogP contribution in [0, 0.1) is 5.92 Å². The molecule has 1 fully saturated rings. The van der Waals surface area contributed by atoms with Crippen LogP contribution in [0.3, 0.4) is 0 Å². The minimum Gasteiger partial charge on any atom is -0.396 e. The van der Waals surface area contributed by atoms with Crippen LogP contribution in [0.2, 0.25) is 5.02 Å². The maximum absolute atomic E-state index is 12.1. The van der Waals surface area contributed by atoms with E-state index in [1.165, 1.54) is 0 Å². The Morgan fingerprint density at radius 3 is 2.91 bits per heavy atom. The summed E-state index contributed by atoms with van der Waals surface area (Å²) < 4.78 is 0. The normalized spacial score (nSPS) is 18.5. The maximum atomic E-state index is 12.1. The number of anilines is 1. The van der Waals surface area contributed by atoms with Gasteiger partial charge >= 0.3 is 0 Å². The highest BCUT2D eigenvalue weighted by atomic mass is 35.5. The van der Waals surface area contributed by atoms with Crippen LogP contribution >= 0.6 is 11.6 Å². The first-order valence-electron chi connectivity index (χ1n) is 7.25. The van der Waals surface area contributed by atoms with Crippen molar-refractivity contribution in [1.29, 1.82) is 0 Å². The highest BCUT2D eigenvalue weighted by Crippen LogP contribution is 2.27. The minimum absolute atomic E-state index is 0.0939. The first-order chi connectivity index (χ1) is 10.7. The van der Waals surface area contributed by atoms with E-state index in [9.17, 15) is 9.90 Å². The number of aromatic nitrogens is 3. The molecule has 1 aliphatic rings. The van der Waals surface area contributed by atoms with Gasteiger partial charge in [0.2, 0.25) is 0 Å². The largest absolute Gasteiger partial charge is 0.396 e. The molecule has 3 heterocycles. The average Bonchev–Trinajstić information content (AvgIpc) is 2.58. The number of nitrogens with one attached hydrogen (secondary N) is 1. The van der Waals surface area contributed by atoms with E-state index < -0.39 is 0 Å². The summed E-state index contributed by atoms with van der Waals surface area (Å²) in [5.74, 6) is 1.14. The van der Waals surface area contributed by atoms with Gasteiger partial charge in [0, 0.05) is 37.7 Å². The molecule has 1 unspecified atom stereocenters. The lowest BCUT2D eigenvalue weighted by Gasteiger charge is -2.33. The lowest BCUT2D eigenvalue weighted by Crippen LogP contribution is -2.38. The predicted octanol–water partition coefficient (Wildman–Crippen LogP) is 1.69. The third kappa shape index (κ3) is 2.98. The summed E-state index contributed by atoms with van der Waals surface area (Å²) in [6, 6.07) is 3.56. The number of H-pyrrole nitrogens is 1. The lowest BCUT2D eigenvalue weighted by atomic mass is 9.99. The van der Waals surface area contributed by atoms with Gasteiger partial charge in [0.15, 0.2) is 5.82 Å². The van der Waals surface area contributed by atoms with Crippen molar-refractivity contribution < 1.29 is 5.11 Å². The Morgan fingerprint density at radius 1 is 1.41 bits per heavy atom. The minimum atomic E-state index is -0.357. The first kappa shape index (κ1) is 15.0. The summed E-state index contributed by atoms with van der Waals surface area (Å²) in [7, 11) is 0. The molecule has 2 aromatic heterocycles. The third-order valence-electron chi connectivity index (χ3n) is 3.88. The van der Waals surface area contributed by atoms with Crippen molar-refractivity contribution >= 4 is 17.4 Å². The molecular formula is C15H17ClN4O2. The molecule has 3 rings (SSSR count). The molecular weight excluding hydrogens is 304 g/mol. The Bertz CT molecular complexity index is 704. The molecule has 6 nitrogen and oxygen atoms in total. The van der Waals surface area contributed by atoms with Crippen molar-refractivity contribution in [1.82, 2.24) is 15.0 Å². The second-order valence-electron chi connectivity index (χ2n) is 5.42. The Balaban J connectivity index is 2.00. The molecule has 2 aromatic rings. The number of halogens is 1. The molecule has 22 heavy (non-hydrogen) atoms. The van der Waals surface area contributed by atoms with Gasteiger partial charge in [-0.2, -0.15) is 0 Å². The van der Waals surface area contributed by atoms with Crippen molar-refractivity contribution in [3.05, 3.63) is 39.9 Å². The molecule has 0 bridgehead atoms. The zero-order chi connectivity index (χ0) is 15.5. The molecule has 1 aliphatic heterocycles. The fourth-order valence-corrected chi connectivity index (χ4v) is 2.92. The number of pyridine rings is 1. The monoisotopic (exact) mass is 320 g/mol. The average molecular weight is 321 g/mol. The number of hydrogen-bond acceptors (Lipinski definition) is 5. The quantitative estimate of drug-likeness (QED) is 0.899. The van der Waals surface area contributed by atoms with Gasteiger partial charge in [-0.3, -0.25) is 9.78 Å². The summed E-state index contributed by atoms with van der Waals surface area (Å²) in [4.78, 5) is 25.3. The Labute approximate surface area is 132 Å². The molecule has 0 aromatic carbocycles. The van der Waals surface area contributed by atoms with Crippen LogP contribution in [0.1, 0.15) is 12.8 Å². The van der Waals surface area contributed by atoms with E-state index in [0.717, 1.165) is 24.9 Å². The summed E-state index contributed by atoms with van der Waals surface area (Å²) in [5.41, 5.74) is 0.422. The fraction of sp³-hybridized carbons (Fsp3) is 0.400. The van der Waals surface area contributed by atoms with Crippen LogP contribution in [0.15, 0.2) is 29.3 Å². The number of aromatic amines is 1. The van der Waals surface area contributed by atoms with Crippen LogP contribution in [-0.2, 0) is 0 Å². The van der Waals surface area contributed by atoms with Crippen molar-refractivity contribution in [3.63, 3.8) is 0 Å². The van der Waals surface area contributed by atoms with Gasteiger partial charge in [-0.15, -0.1) is 0 Å².